The van der Waals surface area contributed by atoms with Crippen molar-refractivity contribution in [3.63, 3.8) is 0 Å². The minimum absolute atomic E-state index is 0.0145. The zero-order valence-electron chi connectivity index (χ0n) is 17.5. The zero-order valence-corrected chi connectivity index (χ0v) is 17.5. The molecule has 0 spiro atoms. The van der Waals surface area contributed by atoms with Crippen molar-refractivity contribution in [2.75, 3.05) is 26.8 Å². The number of ether oxygens (including phenoxy) is 3. The maximum atomic E-state index is 13.0. The van der Waals surface area contributed by atoms with E-state index in [9.17, 15) is 30.3 Å². The summed E-state index contributed by atoms with van der Waals surface area (Å²) in [5, 5.41) is 51.8. The van der Waals surface area contributed by atoms with E-state index in [1.807, 2.05) is 0 Å². The quantitative estimate of drug-likeness (QED) is 0.407. The number of aromatic hydroxyl groups is 2. The Morgan fingerprint density at radius 1 is 1.13 bits per heavy atom. The number of nitrogens with zero attached hydrogens (tertiary/aromatic N) is 1. The lowest BCUT2D eigenvalue weighted by Crippen LogP contribution is -2.58. The molecule has 3 aliphatic heterocycles. The number of carbonyl (C=O) groups is 1. The van der Waals surface area contributed by atoms with Gasteiger partial charge in [0.05, 0.1) is 19.3 Å². The van der Waals surface area contributed by atoms with Crippen LogP contribution >= 0.6 is 0 Å². The van der Waals surface area contributed by atoms with Gasteiger partial charge in [-0.05, 0) is 31.8 Å². The van der Waals surface area contributed by atoms with Crippen LogP contribution in [0.1, 0.15) is 47.4 Å². The number of esters is 1. The summed E-state index contributed by atoms with van der Waals surface area (Å²) in [4.78, 5) is 15.1. The van der Waals surface area contributed by atoms with Gasteiger partial charge < -0.3 is 39.7 Å². The molecule has 172 valence electrons. The van der Waals surface area contributed by atoms with Crippen molar-refractivity contribution in [2.24, 2.45) is 5.92 Å². The maximum absolute atomic E-state index is 13.0. The van der Waals surface area contributed by atoms with E-state index in [0.29, 0.717) is 5.92 Å². The molecule has 0 aromatic heterocycles. The number of benzene rings is 1. The number of hydrogen-bond acceptors (Lipinski definition) is 10. The van der Waals surface area contributed by atoms with Gasteiger partial charge >= 0.3 is 5.97 Å². The van der Waals surface area contributed by atoms with Crippen LogP contribution in [0.3, 0.4) is 0 Å². The van der Waals surface area contributed by atoms with Crippen molar-refractivity contribution in [2.45, 2.75) is 56.8 Å². The third kappa shape index (κ3) is 3.62. The second-order valence-corrected chi connectivity index (χ2v) is 8.59. The molecule has 2 saturated heterocycles. The van der Waals surface area contributed by atoms with Crippen LogP contribution in [-0.4, -0.2) is 87.6 Å². The Morgan fingerprint density at radius 2 is 1.81 bits per heavy atom. The molecule has 10 nitrogen and oxygen atoms in total. The van der Waals surface area contributed by atoms with E-state index in [4.69, 9.17) is 14.2 Å². The van der Waals surface area contributed by atoms with Gasteiger partial charge in [-0.2, -0.15) is 0 Å². The highest BCUT2D eigenvalue weighted by Gasteiger charge is 2.53. The van der Waals surface area contributed by atoms with Crippen LogP contribution in [0.2, 0.25) is 0 Å². The third-order valence-electron chi connectivity index (χ3n) is 6.60. The topological polar surface area (TPSA) is 149 Å². The Labute approximate surface area is 179 Å². The molecule has 0 saturated carbocycles. The Morgan fingerprint density at radius 3 is 2.42 bits per heavy atom. The fourth-order valence-corrected chi connectivity index (χ4v) is 4.71. The first-order valence-corrected chi connectivity index (χ1v) is 10.5. The fourth-order valence-electron chi connectivity index (χ4n) is 4.71. The number of likely N-dealkylation sites (tertiary alicyclic amines) is 1. The molecule has 0 aliphatic carbocycles. The van der Waals surface area contributed by atoms with Crippen LogP contribution in [0.15, 0.2) is 0 Å². The van der Waals surface area contributed by atoms with Gasteiger partial charge in [-0.25, -0.2) is 4.79 Å². The SMILES string of the molecule is COc1c(O)c(CN2CCC(C)CC2)c2c(c1O)[C@@H]1O[C@H](CO)[C@@H](O)[C@H](O)[C@H]1OC2=O. The first-order valence-electron chi connectivity index (χ1n) is 10.5. The van der Waals surface area contributed by atoms with Crippen LogP contribution in [0, 0.1) is 5.92 Å². The van der Waals surface area contributed by atoms with Crippen molar-refractivity contribution < 1.29 is 44.5 Å². The Balaban J connectivity index is 1.82. The van der Waals surface area contributed by atoms with Crippen molar-refractivity contribution >= 4 is 5.97 Å². The molecule has 1 aromatic rings. The first kappa shape index (κ1) is 22.1. The number of rotatable bonds is 4. The van der Waals surface area contributed by atoms with Gasteiger partial charge in [0.2, 0.25) is 5.75 Å². The first-order chi connectivity index (χ1) is 14.8. The van der Waals surface area contributed by atoms with Gasteiger partial charge in [0, 0.05) is 17.7 Å². The summed E-state index contributed by atoms with van der Waals surface area (Å²) in [7, 11) is 1.28. The molecule has 0 bridgehead atoms. The van der Waals surface area contributed by atoms with E-state index in [-0.39, 0.29) is 34.7 Å². The predicted octanol–water partition coefficient (Wildman–Crippen LogP) is 0.0313. The number of aliphatic hydroxyl groups is 3. The highest BCUT2D eigenvalue weighted by atomic mass is 16.6. The lowest BCUT2D eigenvalue weighted by Gasteiger charge is -2.45. The Kier molecular flexibility index (Phi) is 6.01. The second kappa shape index (κ2) is 8.44. The number of methoxy groups -OCH3 is 1. The lowest BCUT2D eigenvalue weighted by atomic mass is 9.84. The number of phenolic OH excluding ortho intramolecular Hbond substituents is 2. The van der Waals surface area contributed by atoms with E-state index in [2.05, 4.69) is 11.8 Å². The summed E-state index contributed by atoms with van der Waals surface area (Å²) >= 11 is 0. The smallest absolute Gasteiger partial charge is 0.339 e. The van der Waals surface area contributed by atoms with Gasteiger partial charge in [0.25, 0.3) is 0 Å². The fraction of sp³-hybridized carbons (Fsp3) is 0.667. The summed E-state index contributed by atoms with van der Waals surface area (Å²) < 4.78 is 16.3. The van der Waals surface area contributed by atoms with Crippen LogP contribution in [0.5, 0.6) is 17.2 Å². The molecule has 2 fully saturated rings. The number of hydrogen-bond donors (Lipinski definition) is 5. The van der Waals surface area contributed by atoms with Crippen LogP contribution < -0.4 is 4.74 Å². The van der Waals surface area contributed by atoms with Gasteiger partial charge in [0.1, 0.15) is 24.4 Å². The van der Waals surface area contributed by atoms with E-state index < -0.39 is 48.8 Å². The average Bonchev–Trinajstić information content (AvgIpc) is 2.75. The lowest BCUT2D eigenvalue weighted by molar-refractivity contribution is -0.235. The van der Waals surface area contributed by atoms with E-state index in [0.717, 1.165) is 25.9 Å². The molecule has 0 radical (unpaired) electrons. The molecule has 31 heavy (non-hydrogen) atoms. The normalized spacial score (nSPS) is 31.6. The van der Waals surface area contributed by atoms with Crippen LogP contribution in [0.4, 0.5) is 0 Å². The molecule has 3 heterocycles. The minimum Gasteiger partial charge on any atom is -0.504 e. The van der Waals surface area contributed by atoms with Crippen molar-refractivity contribution in [1.29, 1.82) is 0 Å². The average molecular weight is 439 g/mol. The number of piperidine rings is 1. The summed E-state index contributed by atoms with van der Waals surface area (Å²) in [6, 6.07) is 0. The van der Waals surface area contributed by atoms with Gasteiger partial charge in [-0.15, -0.1) is 0 Å². The molecule has 3 aliphatic rings. The third-order valence-corrected chi connectivity index (χ3v) is 6.60. The monoisotopic (exact) mass is 439 g/mol. The summed E-state index contributed by atoms with van der Waals surface area (Å²) in [5.74, 6) is -1.32. The number of fused-ring (bicyclic) bond motifs is 3. The Hall–Kier alpha value is -2.11. The number of carbonyl (C=O) groups excluding carboxylic acids is 1. The van der Waals surface area contributed by atoms with Crippen molar-refractivity contribution in [3.8, 4) is 17.2 Å². The molecular formula is C21H29NO9. The summed E-state index contributed by atoms with van der Waals surface area (Å²) in [5.41, 5.74) is 0.212. The predicted molar refractivity (Wildman–Crippen MR) is 106 cm³/mol. The van der Waals surface area contributed by atoms with Gasteiger partial charge in [-0.3, -0.25) is 4.90 Å². The molecule has 0 amide bonds. The largest absolute Gasteiger partial charge is 0.504 e. The summed E-state index contributed by atoms with van der Waals surface area (Å²) in [6.45, 7) is 3.40. The second-order valence-electron chi connectivity index (χ2n) is 8.59. The maximum Gasteiger partial charge on any atom is 0.339 e. The van der Waals surface area contributed by atoms with Crippen LogP contribution in [0.25, 0.3) is 0 Å². The highest BCUT2D eigenvalue weighted by Crippen LogP contribution is 2.52. The van der Waals surface area contributed by atoms with E-state index >= 15 is 0 Å². The van der Waals surface area contributed by atoms with E-state index in [1.165, 1.54) is 7.11 Å². The molecule has 5 atom stereocenters. The number of phenols is 2. The number of aliphatic hydroxyl groups excluding tert-OH is 3. The van der Waals surface area contributed by atoms with Gasteiger partial charge in [0.15, 0.2) is 17.6 Å². The van der Waals surface area contributed by atoms with Crippen LogP contribution in [-0.2, 0) is 16.0 Å². The molecule has 1 aromatic carbocycles. The molecule has 0 unspecified atom stereocenters. The highest BCUT2D eigenvalue weighted by molar-refractivity contribution is 5.97. The van der Waals surface area contributed by atoms with Gasteiger partial charge in [-0.1, -0.05) is 6.92 Å². The zero-order chi connectivity index (χ0) is 22.4. The standard InChI is InChI=1S/C21H29NO9/c1-9-3-5-22(6-4-9)7-10-12-13(16(26)19(29-2)14(10)24)18-20(31-21(12)28)17(27)15(25)11(8-23)30-18/h9,11,15,17-18,20,23-27H,3-8H2,1-2H3/t11-,15-,17+,18+,20-/m1/s1. The summed E-state index contributed by atoms with van der Waals surface area (Å²) in [6.07, 6.45) is -4.63. The molecule has 4 rings (SSSR count). The molecule has 5 N–H and O–H groups in total. The molecular weight excluding hydrogens is 410 g/mol. The Bertz CT molecular complexity index is 852. The minimum atomic E-state index is -1.53. The van der Waals surface area contributed by atoms with Crippen molar-refractivity contribution in [3.05, 3.63) is 16.7 Å². The van der Waals surface area contributed by atoms with Crippen molar-refractivity contribution in [1.82, 2.24) is 4.90 Å². The molecule has 10 heteroatoms. The van der Waals surface area contributed by atoms with E-state index in [1.54, 1.807) is 0 Å².